The van der Waals surface area contributed by atoms with Gasteiger partial charge in [0.05, 0.1) is 21.0 Å². The maximum absolute atomic E-state index is 12.4. The Balaban J connectivity index is 1.42. The lowest BCUT2D eigenvalue weighted by Gasteiger charge is -2.03. The van der Waals surface area contributed by atoms with Crippen LogP contribution in [0.15, 0.2) is 52.3 Å². The minimum Gasteiger partial charge on any atom is -0.455 e. The molecule has 0 fully saturated rings. The van der Waals surface area contributed by atoms with Gasteiger partial charge in [0, 0.05) is 25.1 Å². The molecule has 3 heterocycles. The Bertz CT molecular complexity index is 1080. The van der Waals surface area contributed by atoms with Gasteiger partial charge in [-0.2, -0.15) is 0 Å². The normalized spacial score (nSPS) is 11.2. The Kier molecular flexibility index (Phi) is 4.52. The first-order valence-electron chi connectivity index (χ1n) is 7.96. The molecule has 26 heavy (non-hydrogen) atoms. The van der Waals surface area contributed by atoms with Gasteiger partial charge < -0.3 is 14.3 Å². The van der Waals surface area contributed by atoms with Crippen molar-refractivity contribution in [1.29, 1.82) is 0 Å². The lowest BCUT2D eigenvalue weighted by atomic mass is 10.3. The lowest BCUT2D eigenvalue weighted by molar-refractivity contribution is 0.0995. The molecule has 132 valence electrons. The van der Waals surface area contributed by atoms with E-state index in [-0.39, 0.29) is 5.91 Å². The molecule has 4 rings (SSSR count). The number of thioether (sulfide) groups is 1. The number of imidazole rings is 1. The van der Waals surface area contributed by atoms with Gasteiger partial charge in [-0.05, 0) is 37.3 Å². The number of aryl methyl sites for hydroxylation is 2. The Morgan fingerprint density at radius 2 is 2.23 bits per heavy atom. The molecular formula is C18H16N4O2S2. The summed E-state index contributed by atoms with van der Waals surface area (Å²) in [6, 6.07) is 9.20. The number of amides is 1. The fourth-order valence-corrected chi connectivity index (χ4v) is 4.21. The van der Waals surface area contributed by atoms with Gasteiger partial charge in [-0.25, -0.2) is 9.97 Å². The van der Waals surface area contributed by atoms with E-state index in [4.69, 9.17) is 4.42 Å². The maximum atomic E-state index is 12.4. The summed E-state index contributed by atoms with van der Waals surface area (Å²) in [4.78, 5) is 21.1. The van der Waals surface area contributed by atoms with Crippen molar-refractivity contribution < 1.29 is 9.21 Å². The molecule has 0 bridgehead atoms. The number of anilines is 1. The Morgan fingerprint density at radius 1 is 1.35 bits per heavy atom. The number of carbonyl (C=O) groups excluding carboxylic acids is 1. The van der Waals surface area contributed by atoms with Crippen LogP contribution in [-0.2, 0) is 12.8 Å². The number of fused-ring (bicyclic) bond motifs is 1. The van der Waals surface area contributed by atoms with Crippen molar-refractivity contribution in [2.75, 3.05) is 5.32 Å². The molecule has 1 N–H and O–H groups in total. The first kappa shape index (κ1) is 16.9. The van der Waals surface area contributed by atoms with Crippen molar-refractivity contribution in [2.45, 2.75) is 17.8 Å². The van der Waals surface area contributed by atoms with Crippen molar-refractivity contribution >= 4 is 44.9 Å². The van der Waals surface area contributed by atoms with Crippen LogP contribution in [-0.4, -0.2) is 20.4 Å². The second kappa shape index (κ2) is 6.97. The number of thiazole rings is 1. The van der Waals surface area contributed by atoms with E-state index in [1.807, 2.05) is 49.0 Å². The van der Waals surface area contributed by atoms with Crippen LogP contribution < -0.4 is 5.32 Å². The predicted molar refractivity (Wildman–Crippen MR) is 104 cm³/mol. The number of rotatable bonds is 5. The zero-order chi connectivity index (χ0) is 18.1. The third-order valence-corrected chi connectivity index (χ3v) is 5.77. The summed E-state index contributed by atoms with van der Waals surface area (Å²) in [6.07, 6.45) is 3.65. The quantitative estimate of drug-likeness (QED) is 0.514. The number of hydrogen-bond donors (Lipinski definition) is 1. The van der Waals surface area contributed by atoms with Crippen molar-refractivity contribution in [1.82, 2.24) is 14.5 Å². The van der Waals surface area contributed by atoms with E-state index in [1.165, 1.54) is 0 Å². The van der Waals surface area contributed by atoms with Crippen molar-refractivity contribution in [3.63, 3.8) is 0 Å². The number of furan rings is 1. The van der Waals surface area contributed by atoms with E-state index in [1.54, 1.807) is 35.4 Å². The van der Waals surface area contributed by atoms with E-state index in [9.17, 15) is 4.79 Å². The van der Waals surface area contributed by atoms with E-state index in [0.29, 0.717) is 11.5 Å². The van der Waals surface area contributed by atoms with Gasteiger partial charge in [0.25, 0.3) is 5.91 Å². The molecule has 1 amide bonds. The molecule has 0 saturated carbocycles. The molecule has 0 aliphatic heterocycles. The molecular weight excluding hydrogens is 368 g/mol. The van der Waals surface area contributed by atoms with Crippen molar-refractivity contribution in [3.05, 3.63) is 59.3 Å². The summed E-state index contributed by atoms with van der Waals surface area (Å²) >= 11 is 3.16. The highest BCUT2D eigenvalue weighted by Gasteiger charge is 2.13. The van der Waals surface area contributed by atoms with Crippen LogP contribution >= 0.6 is 23.1 Å². The van der Waals surface area contributed by atoms with Gasteiger partial charge >= 0.3 is 0 Å². The van der Waals surface area contributed by atoms with E-state index >= 15 is 0 Å². The molecule has 0 aliphatic rings. The van der Waals surface area contributed by atoms with Crippen LogP contribution in [0.1, 0.15) is 21.3 Å². The molecule has 1 aromatic carbocycles. The Morgan fingerprint density at radius 3 is 3.04 bits per heavy atom. The van der Waals surface area contributed by atoms with Gasteiger partial charge in [-0.3, -0.25) is 4.79 Å². The SMILES string of the molecule is Cc1nc2ccc(NC(=O)c3ccc(CSc4nccn4C)o3)cc2s1. The second-order valence-electron chi connectivity index (χ2n) is 5.74. The second-order valence-corrected chi connectivity index (χ2v) is 7.92. The van der Waals surface area contributed by atoms with Crippen LogP contribution in [0.2, 0.25) is 0 Å². The minimum atomic E-state index is -0.265. The van der Waals surface area contributed by atoms with Gasteiger partial charge in [-0.15, -0.1) is 11.3 Å². The average Bonchev–Trinajstić information content (AvgIpc) is 3.31. The number of benzene rings is 1. The van der Waals surface area contributed by atoms with Crippen LogP contribution in [0.5, 0.6) is 0 Å². The number of aromatic nitrogens is 3. The molecule has 8 heteroatoms. The average molecular weight is 384 g/mol. The van der Waals surface area contributed by atoms with Crippen molar-refractivity contribution in [2.24, 2.45) is 7.05 Å². The fourth-order valence-electron chi connectivity index (χ4n) is 2.51. The van der Waals surface area contributed by atoms with Crippen LogP contribution in [0.3, 0.4) is 0 Å². The summed E-state index contributed by atoms with van der Waals surface area (Å²) in [6.45, 7) is 1.97. The molecule has 0 saturated heterocycles. The minimum absolute atomic E-state index is 0.265. The zero-order valence-corrected chi connectivity index (χ0v) is 15.9. The molecule has 6 nitrogen and oxygen atoms in total. The smallest absolute Gasteiger partial charge is 0.291 e. The molecule has 0 spiro atoms. The first-order valence-corrected chi connectivity index (χ1v) is 9.76. The first-order chi connectivity index (χ1) is 12.6. The highest BCUT2D eigenvalue weighted by molar-refractivity contribution is 7.98. The number of carbonyl (C=O) groups is 1. The highest BCUT2D eigenvalue weighted by Crippen LogP contribution is 2.26. The third-order valence-electron chi connectivity index (χ3n) is 3.76. The summed E-state index contributed by atoms with van der Waals surface area (Å²) in [7, 11) is 1.94. The molecule has 0 radical (unpaired) electrons. The zero-order valence-electron chi connectivity index (χ0n) is 14.2. The van der Waals surface area contributed by atoms with Crippen molar-refractivity contribution in [3.8, 4) is 0 Å². The molecule has 0 aliphatic carbocycles. The monoisotopic (exact) mass is 384 g/mol. The number of nitrogens with zero attached hydrogens (tertiary/aromatic N) is 3. The van der Waals surface area contributed by atoms with Gasteiger partial charge in [-0.1, -0.05) is 11.8 Å². The highest BCUT2D eigenvalue weighted by atomic mass is 32.2. The van der Waals surface area contributed by atoms with E-state index in [0.717, 1.165) is 31.8 Å². The van der Waals surface area contributed by atoms with E-state index < -0.39 is 0 Å². The molecule has 0 atom stereocenters. The lowest BCUT2D eigenvalue weighted by Crippen LogP contribution is -2.10. The van der Waals surface area contributed by atoms with Gasteiger partial charge in [0.1, 0.15) is 5.76 Å². The molecule has 0 unspecified atom stereocenters. The Labute approximate surface area is 158 Å². The summed E-state index contributed by atoms with van der Waals surface area (Å²) in [5.74, 6) is 1.38. The topological polar surface area (TPSA) is 73.0 Å². The Hall–Kier alpha value is -2.58. The fraction of sp³-hybridized carbons (Fsp3) is 0.167. The van der Waals surface area contributed by atoms with Crippen LogP contribution in [0.4, 0.5) is 5.69 Å². The standard InChI is InChI=1S/C18H16N4O2S2/c1-11-20-14-5-3-12(9-16(14)26-11)21-17(23)15-6-4-13(24-15)10-25-18-19-7-8-22(18)2/h3-9H,10H2,1-2H3,(H,21,23). The number of nitrogens with one attached hydrogen (secondary N) is 1. The summed E-state index contributed by atoms with van der Waals surface area (Å²) in [5, 5.41) is 4.78. The van der Waals surface area contributed by atoms with Gasteiger partial charge in [0.2, 0.25) is 0 Å². The number of hydrogen-bond acceptors (Lipinski definition) is 6. The molecule has 4 aromatic rings. The summed E-state index contributed by atoms with van der Waals surface area (Å²) in [5.41, 5.74) is 1.67. The summed E-state index contributed by atoms with van der Waals surface area (Å²) < 4.78 is 8.66. The third kappa shape index (κ3) is 3.51. The maximum Gasteiger partial charge on any atom is 0.291 e. The predicted octanol–water partition coefficient (Wildman–Crippen LogP) is 4.48. The van der Waals surface area contributed by atoms with E-state index in [2.05, 4.69) is 15.3 Å². The molecule has 3 aromatic heterocycles. The van der Waals surface area contributed by atoms with Crippen LogP contribution in [0.25, 0.3) is 10.2 Å². The van der Waals surface area contributed by atoms with Crippen LogP contribution in [0, 0.1) is 6.92 Å². The van der Waals surface area contributed by atoms with Gasteiger partial charge in [0.15, 0.2) is 10.9 Å². The largest absolute Gasteiger partial charge is 0.455 e.